The number of hydrogen-bond acceptors (Lipinski definition) is 3. The summed E-state index contributed by atoms with van der Waals surface area (Å²) < 4.78 is 39.8. The van der Waals surface area contributed by atoms with Crippen LogP contribution in [-0.4, -0.2) is 26.6 Å². The van der Waals surface area contributed by atoms with Crippen molar-refractivity contribution in [1.82, 2.24) is 0 Å². The Morgan fingerprint density at radius 2 is 2.04 bits per heavy atom. The van der Waals surface area contributed by atoms with E-state index in [1.165, 1.54) is 22.5 Å². The number of carbonyl (C=O) groups excluding carboxylic acids is 1. The van der Waals surface area contributed by atoms with Gasteiger partial charge in [0.1, 0.15) is 5.82 Å². The van der Waals surface area contributed by atoms with Crippen molar-refractivity contribution in [3.8, 4) is 0 Å². The second-order valence-corrected chi connectivity index (χ2v) is 8.31. The lowest BCUT2D eigenvalue weighted by Crippen LogP contribution is -2.37. The summed E-state index contributed by atoms with van der Waals surface area (Å²) in [5, 5.41) is 2.71. The molecule has 0 spiro atoms. The maximum atomic E-state index is 13.3. The van der Waals surface area contributed by atoms with Gasteiger partial charge in [0, 0.05) is 17.8 Å². The molecule has 5 nitrogen and oxygen atoms in total. The number of carbonyl (C=O) groups is 1. The van der Waals surface area contributed by atoms with Crippen LogP contribution in [0.25, 0.3) is 0 Å². The van der Waals surface area contributed by atoms with Crippen LogP contribution in [0, 0.1) is 5.82 Å². The van der Waals surface area contributed by atoms with Crippen LogP contribution in [0.3, 0.4) is 0 Å². The molecule has 138 valence electrons. The van der Waals surface area contributed by atoms with Gasteiger partial charge in [-0.3, -0.25) is 9.10 Å². The van der Waals surface area contributed by atoms with E-state index in [4.69, 9.17) is 0 Å². The van der Waals surface area contributed by atoms with E-state index in [1.54, 1.807) is 12.1 Å². The van der Waals surface area contributed by atoms with Gasteiger partial charge in [0.25, 0.3) is 5.91 Å². The van der Waals surface area contributed by atoms with Crippen LogP contribution < -0.4 is 9.62 Å². The maximum absolute atomic E-state index is 13.3. The van der Waals surface area contributed by atoms with Crippen LogP contribution in [0.5, 0.6) is 0 Å². The molecule has 0 bridgehead atoms. The fourth-order valence-corrected chi connectivity index (χ4v) is 4.72. The van der Waals surface area contributed by atoms with Crippen LogP contribution in [0.2, 0.25) is 0 Å². The second kappa shape index (κ2) is 7.45. The van der Waals surface area contributed by atoms with E-state index in [0.29, 0.717) is 24.3 Å². The van der Waals surface area contributed by atoms with Gasteiger partial charge in [0.15, 0.2) is 0 Å². The number of anilines is 2. The number of sulfonamides is 1. The topological polar surface area (TPSA) is 66.5 Å². The Morgan fingerprint density at radius 1 is 1.23 bits per heavy atom. The first kappa shape index (κ1) is 18.4. The highest BCUT2D eigenvalue weighted by molar-refractivity contribution is 7.92. The minimum absolute atomic E-state index is 0.0896. The molecule has 0 unspecified atom stereocenters. The first-order valence-electron chi connectivity index (χ1n) is 8.61. The molecule has 2 aromatic rings. The van der Waals surface area contributed by atoms with Gasteiger partial charge in [-0.1, -0.05) is 19.1 Å². The Bertz CT molecular complexity index is 928. The van der Waals surface area contributed by atoms with Crippen molar-refractivity contribution in [2.75, 3.05) is 21.9 Å². The lowest BCUT2D eigenvalue weighted by molar-refractivity contribution is 0.102. The summed E-state index contributed by atoms with van der Waals surface area (Å²) >= 11 is 0. The number of amides is 1. The number of hydrogen-bond donors (Lipinski definition) is 1. The van der Waals surface area contributed by atoms with Gasteiger partial charge in [0.05, 0.1) is 11.4 Å². The molecule has 0 aromatic heterocycles. The quantitative estimate of drug-likeness (QED) is 0.867. The van der Waals surface area contributed by atoms with E-state index < -0.39 is 21.7 Å². The van der Waals surface area contributed by atoms with Gasteiger partial charge in [-0.25, -0.2) is 12.8 Å². The number of halogens is 1. The Labute approximate surface area is 152 Å². The third-order valence-corrected chi connectivity index (χ3v) is 6.28. The molecule has 0 radical (unpaired) electrons. The van der Waals surface area contributed by atoms with Crippen molar-refractivity contribution in [2.24, 2.45) is 0 Å². The van der Waals surface area contributed by atoms with Crippen molar-refractivity contribution in [3.05, 3.63) is 59.4 Å². The number of fused-ring (bicyclic) bond motifs is 1. The molecule has 0 saturated heterocycles. The number of rotatable bonds is 5. The molecule has 0 fully saturated rings. The highest BCUT2D eigenvalue weighted by Gasteiger charge is 2.27. The minimum atomic E-state index is -3.38. The number of benzene rings is 2. The zero-order chi connectivity index (χ0) is 18.7. The predicted molar refractivity (Wildman–Crippen MR) is 101 cm³/mol. The average Bonchev–Trinajstić information content (AvgIpc) is 2.61. The fraction of sp³-hybridized carbons (Fsp3) is 0.316. The monoisotopic (exact) mass is 376 g/mol. The normalized spacial score (nSPS) is 14.0. The molecule has 1 aliphatic heterocycles. The molecule has 0 atom stereocenters. The van der Waals surface area contributed by atoms with Gasteiger partial charge >= 0.3 is 0 Å². The van der Waals surface area contributed by atoms with E-state index in [-0.39, 0.29) is 11.3 Å². The van der Waals surface area contributed by atoms with Crippen LogP contribution in [-0.2, 0) is 16.4 Å². The van der Waals surface area contributed by atoms with Gasteiger partial charge in [-0.05, 0) is 55.2 Å². The van der Waals surface area contributed by atoms with Gasteiger partial charge in [-0.2, -0.15) is 0 Å². The fourth-order valence-electron chi connectivity index (χ4n) is 3.11. The van der Waals surface area contributed by atoms with E-state index in [9.17, 15) is 17.6 Å². The summed E-state index contributed by atoms with van der Waals surface area (Å²) in [5.74, 6) is -0.838. The average molecular weight is 376 g/mol. The van der Waals surface area contributed by atoms with E-state index in [0.717, 1.165) is 24.5 Å². The highest BCUT2D eigenvalue weighted by atomic mass is 32.2. The van der Waals surface area contributed by atoms with Crippen molar-refractivity contribution in [3.63, 3.8) is 0 Å². The number of nitrogens with one attached hydrogen (secondary N) is 1. The first-order chi connectivity index (χ1) is 12.4. The molecule has 1 heterocycles. The summed E-state index contributed by atoms with van der Waals surface area (Å²) in [7, 11) is -3.38. The first-order valence-corrected chi connectivity index (χ1v) is 10.2. The zero-order valence-electron chi connectivity index (χ0n) is 14.5. The van der Waals surface area contributed by atoms with E-state index >= 15 is 0 Å². The second-order valence-electron chi connectivity index (χ2n) is 6.30. The molecule has 1 aliphatic rings. The molecule has 0 saturated carbocycles. The summed E-state index contributed by atoms with van der Waals surface area (Å²) in [5.41, 5.74) is 2.25. The zero-order valence-corrected chi connectivity index (χ0v) is 15.4. The lowest BCUT2D eigenvalue weighted by Gasteiger charge is -2.31. The molecule has 2 aromatic carbocycles. The molecule has 7 heteroatoms. The third kappa shape index (κ3) is 3.88. The van der Waals surface area contributed by atoms with Gasteiger partial charge < -0.3 is 5.32 Å². The lowest BCUT2D eigenvalue weighted by atomic mass is 10.0. The molecule has 26 heavy (non-hydrogen) atoms. The summed E-state index contributed by atoms with van der Waals surface area (Å²) in [6, 6.07) is 10.7. The summed E-state index contributed by atoms with van der Waals surface area (Å²) in [6.07, 6.45) is 2.11. The smallest absolute Gasteiger partial charge is 0.255 e. The maximum Gasteiger partial charge on any atom is 0.255 e. The number of nitrogens with zero attached hydrogens (tertiary/aromatic N) is 1. The molecular weight excluding hydrogens is 355 g/mol. The molecule has 3 rings (SSSR count). The molecule has 1 amide bonds. The highest BCUT2D eigenvalue weighted by Crippen LogP contribution is 2.32. The Hall–Kier alpha value is -2.41. The van der Waals surface area contributed by atoms with Crippen molar-refractivity contribution >= 4 is 27.3 Å². The summed E-state index contributed by atoms with van der Waals surface area (Å²) in [6.45, 7) is 2.27. The van der Waals surface area contributed by atoms with Crippen LogP contribution in [0.1, 0.15) is 35.7 Å². The molecule has 1 N–H and O–H groups in total. The van der Waals surface area contributed by atoms with Crippen LogP contribution in [0.4, 0.5) is 15.8 Å². The molecular formula is C19H21FN2O3S. The predicted octanol–water partition coefficient (Wildman–Crippen LogP) is 3.57. The van der Waals surface area contributed by atoms with Crippen LogP contribution >= 0.6 is 0 Å². The van der Waals surface area contributed by atoms with E-state index in [1.807, 2.05) is 13.0 Å². The summed E-state index contributed by atoms with van der Waals surface area (Å²) in [4.78, 5) is 12.3. The minimum Gasteiger partial charge on any atom is -0.322 e. The van der Waals surface area contributed by atoms with E-state index in [2.05, 4.69) is 5.32 Å². The molecule has 0 aliphatic carbocycles. The SMILES string of the molecule is CCCS(=O)(=O)N1CCCc2ccc(NC(=O)c3cccc(F)c3)cc21. The van der Waals surface area contributed by atoms with Crippen molar-refractivity contribution in [1.29, 1.82) is 0 Å². The van der Waals surface area contributed by atoms with Gasteiger partial charge in [0.2, 0.25) is 10.0 Å². The van der Waals surface area contributed by atoms with Gasteiger partial charge in [-0.15, -0.1) is 0 Å². The number of aryl methyl sites for hydroxylation is 1. The Morgan fingerprint density at radius 3 is 2.77 bits per heavy atom. The standard InChI is InChI=1S/C19H21FN2O3S/c1-2-11-26(24,25)22-10-4-6-14-8-9-17(13-18(14)22)21-19(23)15-5-3-7-16(20)12-15/h3,5,7-9,12-13H,2,4,6,10-11H2,1H3,(H,21,23). The van der Waals surface area contributed by atoms with Crippen LogP contribution in [0.15, 0.2) is 42.5 Å². The third-order valence-electron chi connectivity index (χ3n) is 4.30. The van der Waals surface area contributed by atoms with Crippen molar-refractivity contribution in [2.45, 2.75) is 26.2 Å². The Balaban J connectivity index is 1.88. The largest absolute Gasteiger partial charge is 0.322 e. The van der Waals surface area contributed by atoms with Crippen molar-refractivity contribution < 1.29 is 17.6 Å². The Kier molecular flexibility index (Phi) is 5.27.